The molecule has 0 unspecified atom stereocenters. The van der Waals surface area contributed by atoms with Crippen molar-refractivity contribution in [3.63, 3.8) is 0 Å². The van der Waals surface area contributed by atoms with Crippen LogP contribution in [0.3, 0.4) is 0 Å². The van der Waals surface area contributed by atoms with Crippen LogP contribution in [0.4, 0.5) is 0 Å². The van der Waals surface area contributed by atoms with Crippen LogP contribution in [0.2, 0.25) is 0 Å². The van der Waals surface area contributed by atoms with E-state index in [4.69, 9.17) is 9.47 Å². The molecular weight excluding hydrogens is 1100 g/mol. The molecule has 0 amide bonds. The molecule has 0 aromatic heterocycles. The minimum absolute atomic E-state index is 0.133. The van der Waals surface area contributed by atoms with Crippen molar-refractivity contribution in [1.82, 2.24) is 5.01 Å². The molecule has 0 aliphatic rings. The number of ether oxygens (including phenoxy) is 2. The third-order valence-electron chi connectivity index (χ3n) is 3.86. The van der Waals surface area contributed by atoms with Crippen molar-refractivity contribution in [2.45, 2.75) is 0 Å². The second-order valence-corrected chi connectivity index (χ2v) is 12.8. The molecule has 172 valence electrons. The third-order valence-corrected chi connectivity index (χ3v) is 11.5. The predicted molar refractivity (Wildman–Crippen MR) is 168 cm³/mol. The van der Waals surface area contributed by atoms with Crippen LogP contribution in [-0.4, -0.2) is 48.3 Å². The number of hydrogen-bond acceptors (Lipinski definition) is 6. The van der Waals surface area contributed by atoms with Gasteiger partial charge in [0.15, 0.2) is 5.03 Å². The highest BCUT2D eigenvalue weighted by molar-refractivity contribution is 14.1. The number of carbonyl (C=O) groups excluding carboxylic acids is 2. The van der Waals surface area contributed by atoms with Crippen LogP contribution in [-0.2, 0) is 9.47 Å². The second-order valence-electron chi connectivity index (χ2n) is 5.93. The third kappa shape index (κ3) is 8.27. The molecule has 0 spiro atoms. The van der Waals surface area contributed by atoms with E-state index < -0.39 is 17.0 Å². The summed E-state index contributed by atoms with van der Waals surface area (Å²) in [6.45, 7) is -0.602. The minimum Gasteiger partial charge on any atom is -0.460 e. The molecule has 0 radical (unpaired) electrons. The lowest BCUT2D eigenvalue weighted by atomic mass is 10.2. The monoisotopic (exact) mass is 1110 g/mol. The molecule has 0 N–H and O–H groups in total. The molecule has 0 bridgehead atoms. The number of esters is 2. The fraction of sp³-hybridized carbons (Fsp3) is 0.222. The van der Waals surface area contributed by atoms with Crippen LogP contribution < -0.4 is 0 Å². The van der Waals surface area contributed by atoms with Crippen LogP contribution in [0.25, 0.3) is 0 Å². The van der Waals surface area contributed by atoms with E-state index in [9.17, 15) is 19.7 Å². The fourth-order valence-corrected chi connectivity index (χ4v) is 7.03. The van der Waals surface area contributed by atoms with E-state index >= 15 is 0 Å². The van der Waals surface area contributed by atoms with Gasteiger partial charge in [-0.1, -0.05) is 0 Å². The van der Waals surface area contributed by atoms with Gasteiger partial charge in [0.05, 0.1) is 11.1 Å². The fourth-order valence-electron chi connectivity index (χ4n) is 2.33. The Labute approximate surface area is 265 Å². The highest BCUT2D eigenvalue weighted by Gasteiger charge is 2.21. The van der Waals surface area contributed by atoms with Gasteiger partial charge in [-0.25, -0.2) is 19.7 Å². The van der Waals surface area contributed by atoms with Gasteiger partial charge >= 0.3 is 11.9 Å². The Hall–Kier alpha value is 0.960. The van der Waals surface area contributed by atoms with Gasteiger partial charge in [-0.3, -0.25) is 0 Å². The maximum atomic E-state index is 12.4. The van der Waals surface area contributed by atoms with E-state index in [1.54, 1.807) is 6.07 Å². The van der Waals surface area contributed by atoms with E-state index in [-0.39, 0.29) is 26.3 Å². The molecule has 0 fully saturated rings. The largest absolute Gasteiger partial charge is 0.460 e. The van der Waals surface area contributed by atoms with Crippen molar-refractivity contribution in [3.8, 4) is 0 Å². The van der Waals surface area contributed by atoms with Gasteiger partial charge in [0.25, 0.3) is 0 Å². The van der Waals surface area contributed by atoms with Crippen LogP contribution in [0.5, 0.6) is 0 Å². The highest BCUT2D eigenvalue weighted by Crippen LogP contribution is 2.25. The first-order valence-corrected chi connectivity index (χ1v) is 15.0. The first-order valence-electron chi connectivity index (χ1n) is 8.54. The molecule has 2 aromatic rings. The molecule has 0 aliphatic heterocycles. The standard InChI is InChI=1S/C18H12I6N2O6/c19-9-7-10(15(23)13(22)8-9)17(27)31-5-3-25(26(29)30)4-6-32-18(28)14-11(20)1-2-12(21)16(14)24/h1-2,7-8H,3-6H2. The number of halogens is 6. The molecule has 2 aromatic carbocycles. The molecule has 8 nitrogen and oxygen atoms in total. The Balaban J connectivity index is 1.90. The summed E-state index contributed by atoms with van der Waals surface area (Å²) in [5.41, 5.74) is 0.867. The van der Waals surface area contributed by atoms with E-state index in [0.717, 1.165) is 26.4 Å². The average Bonchev–Trinajstić information content (AvgIpc) is 2.72. The van der Waals surface area contributed by atoms with Crippen LogP contribution >= 0.6 is 136 Å². The Bertz CT molecular complexity index is 1050. The van der Waals surface area contributed by atoms with Crippen molar-refractivity contribution in [2.75, 3.05) is 26.3 Å². The lowest BCUT2D eigenvalue weighted by Gasteiger charge is -2.15. The summed E-state index contributed by atoms with van der Waals surface area (Å²) in [6.07, 6.45) is 0. The number of hydrazine groups is 1. The second kappa shape index (κ2) is 13.9. The first-order chi connectivity index (χ1) is 15.0. The van der Waals surface area contributed by atoms with Gasteiger partial charge in [-0.2, -0.15) is 0 Å². The Morgan fingerprint density at radius 1 is 0.844 bits per heavy atom. The summed E-state index contributed by atoms with van der Waals surface area (Å²) < 4.78 is 15.5. The highest BCUT2D eigenvalue weighted by atomic mass is 127. The maximum absolute atomic E-state index is 12.4. The lowest BCUT2D eigenvalue weighted by Crippen LogP contribution is -2.36. The number of nitrogens with zero attached hydrogens (tertiary/aromatic N) is 2. The van der Waals surface area contributed by atoms with Crippen molar-refractivity contribution >= 4 is 147 Å². The van der Waals surface area contributed by atoms with E-state index in [1.165, 1.54) is 0 Å². The molecule has 0 atom stereocenters. The molecule has 0 heterocycles. The molecule has 2 rings (SSSR count). The summed E-state index contributed by atoms with van der Waals surface area (Å²) in [7, 11) is 0. The number of benzene rings is 2. The van der Waals surface area contributed by atoms with Crippen molar-refractivity contribution in [1.29, 1.82) is 0 Å². The zero-order valence-electron chi connectivity index (χ0n) is 15.7. The first kappa shape index (κ1) is 29.2. The smallest absolute Gasteiger partial charge is 0.340 e. The summed E-state index contributed by atoms with van der Waals surface area (Å²) in [5.74, 6) is -1.07. The normalized spacial score (nSPS) is 10.6. The molecule has 14 heteroatoms. The number of carbonyl (C=O) groups is 2. The average molecular weight is 1110 g/mol. The summed E-state index contributed by atoms with van der Waals surface area (Å²) in [5, 5.41) is 11.6. The minimum atomic E-state index is -0.598. The van der Waals surface area contributed by atoms with Crippen LogP contribution in [0, 0.1) is 31.5 Å². The van der Waals surface area contributed by atoms with Crippen LogP contribution in [0.15, 0.2) is 24.3 Å². The van der Waals surface area contributed by atoms with Crippen molar-refractivity contribution in [3.05, 3.63) is 66.9 Å². The summed E-state index contributed by atoms with van der Waals surface area (Å²) in [4.78, 5) is 36.2. The SMILES string of the molecule is O=C(OCCN(CCOC(=O)c1c(I)ccc(I)c1I)[N+](=O)[O-])c1cc(I)cc(I)c1I. The van der Waals surface area contributed by atoms with Gasteiger partial charge in [-0.15, -0.1) is 5.01 Å². The topological polar surface area (TPSA) is 99.0 Å². The Morgan fingerprint density at radius 2 is 1.41 bits per heavy atom. The summed E-state index contributed by atoms with van der Waals surface area (Å²) >= 11 is 12.6. The zero-order chi connectivity index (χ0) is 24.0. The van der Waals surface area contributed by atoms with Crippen molar-refractivity contribution < 1.29 is 24.1 Å². The Morgan fingerprint density at radius 3 is 2.00 bits per heavy atom. The van der Waals surface area contributed by atoms with Gasteiger partial charge < -0.3 is 9.47 Å². The van der Waals surface area contributed by atoms with Crippen molar-refractivity contribution in [2.24, 2.45) is 0 Å². The number of hydrogen-bond donors (Lipinski definition) is 0. The van der Waals surface area contributed by atoms with E-state index in [2.05, 4.69) is 136 Å². The quantitative estimate of drug-likeness (QED) is 0.103. The molecule has 0 saturated heterocycles. The van der Waals surface area contributed by atoms with Gasteiger partial charge in [-0.05, 0) is 160 Å². The molecular formula is C18H12I6N2O6. The van der Waals surface area contributed by atoms with E-state index in [0.29, 0.717) is 11.1 Å². The molecule has 0 aliphatic carbocycles. The number of nitro groups is 1. The molecule has 0 saturated carbocycles. The van der Waals surface area contributed by atoms with Gasteiger partial charge in [0.1, 0.15) is 26.3 Å². The summed E-state index contributed by atoms with van der Waals surface area (Å²) in [6, 6.07) is 7.36. The van der Waals surface area contributed by atoms with Crippen LogP contribution in [0.1, 0.15) is 20.7 Å². The lowest BCUT2D eigenvalue weighted by molar-refractivity contribution is -0.656. The van der Waals surface area contributed by atoms with E-state index in [1.807, 2.05) is 18.2 Å². The molecule has 32 heavy (non-hydrogen) atoms. The van der Waals surface area contributed by atoms with Gasteiger partial charge in [0, 0.05) is 21.4 Å². The maximum Gasteiger partial charge on any atom is 0.340 e. The number of rotatable bonds is 9. The zero-order valence-corrected chi connectivity index (χ0v) is 28.7. The van der Waals surface area contributed by atoms with Gasteiger partial charge in [0.2, 0.25) is 0 Å². The predicted octanol–water partition coefficient (Wildman–Crippen LogP) is 5.82. The Kier molecular flexibility index (Phi) is 12.7.